The predicted octanol–water partition coefficient (Wildman–Crippen LogP) is 3.10. The zero-order chi connectivity index (χ0) is 21.2. The fourth-order valence-electron chi connectivity index (χ4n) is 3.11. The van der Waals surface area contributed by atoms with Gasteiger partial charge in [0.1, 0.15) is 10.7 Å². The summed E-state index contributed by atoms with van der Waals surface area (Å²) >= 11 is 1.33. The maximum atomic E-state index is 12.6. The van der Waals surface area contributed by atoms with Crippen LogP contribution in [-0.2, 0) is 11.3 Å². The maximum Gasteiger partial charge on any atom is 0.271 e. The number of guanidine groups is 1. The fraction of sp³-hybridized carbons (Fsp3) is 0.429. The van der Waals surface area contributed by atoms with Crippen molar-refractivity contribution in [2.45, 2.75) is 52.2 Å². The number of nitrogens with one attached hydrogen (secondary N) is 1. The number of carbonyl (C=O) groups is 2. The topological polar surface area (TPSA) is 101 Å². The van der Waals surface area contributed by atoms with Crippen molar-refractivity contribution in [3.05, 3.63) is 52.0 Å². The van der Waals surface area contributed by atoms with E-state index in [0.717, 1.165) is 5.56 Å². The van der Waals surface area contributed by atoms with Gasteiger partial charge in [0.25, 0.3) is 5.91 Å². The van der Waals surface area contributed by atoms with Crippen LogP contribution >= 0.6 is 11.3 Å². The Morgan fingerprint density at radius 1 is 1.31 bits per heavy atom. The molecule has 29 heavy (non-hydrogen) atoms. The first kappa shape index (κ1) is 21.0. The number of rotatable bonds is 6. The summed E-state index contributed by atoms with van der Waals surface area (Å²) in [5, 5.41) is 5.28. The largest absolute Gasteiger partial charge is 0.369 e. The molecular weight excluding hydrogens is 386 g/mol. The minimum absolute atomic E-state index is 0.0763. The average molecular weight is 414 g/mol. The van der Waals surface area contributed by atoms with Crippen LogP contribution in [-0.4, -0.2) is 33.2 Å². The quantitative estimate of drug-likeness (QED) is 0.760. The lowest BCUT2D eigenvalue weighted by molar-refractivity contribution is -0.130. The molecule has 0 fully saturated rings. The lowest BCUT2D eigenvalue weighted by Gasteiger charge is -2.37. The van der Waals surface area contributed by atoms with Crippen LogP contribution in [0, 0.1) is 5.92 Å². The molecule has 3 N–H and O–H groups in total. The van der Waals surface area contributed by atoms with Crippen LogP contribution in [0.1, 0.15) is 61.2 Å². The van der Waals surface area contributed by atoms with Crippen molar-refractivity contribution in [2.75, 3.05) is 0 Å². The van der Waals surface area contributed by atoms with Gasteiger partial charge in [0, 0.05) is 5.38 Å². The second kappa shape index (κ2) is 8.32. The third-order valence-corrected chi connectivity index (χ3v) is 6.26. The molecule has 0 saturated heterocycles. The summed E-state index contributed by atoms with van der Waals surface area (Å²) in [5.74, 6) is 0.0840. The van der Waals surface area contributed by atoms with Crippen molar-refractivity contribution < 1.29 is 9.59 Å². The standard InChI is InChI=1S/C21H27N5O2S/c1-13(2)21(4)10-18(27)26(20(22)25-21)11-17-24-16(12-29-17)19(28)23-14(3)15-8-6-5-7-9-15/h5-9,12-14H,10-11H2,1-4H3,(H2,22,25)(H,23,28)/t14-,21-/m0/s1. The summed E-state index contributed by atoms with van der Waals surface area (Å²) in [4.78, 5) is 35.6. The smallest absolute Gasteiger partial charge is 0.271 e. The van der Waals surface area contributed by atoms with Crippen LogP contribution in [0.5, 0.6) is 0 Å². The third kappa shape index (κ3) is 4.64. The van der Waals surface area contributed by atoms with Gasteiger partial charge in [0.2, 0.25) is 5.91 Å². The number of thiazole rings is 1. The summed E-state index contributed by atoms with van der Waals surface area (Å²) in [7, 11) is 0. The summed E-state index contributed by atoms with van der Waals surface area (Å²) in [5.41, 5.74) is 6.95. The SMILES string of the molecule is CC(C)[C@]1(C)CC(=O)N(Cc2nc(C(=O)N[C@@H](C)c3ccccc3)cs2)C(N)=N1. The van der Waals surface area contributed by atoms with E-state index >= 15 is 0 Å². The van der Waals surface area contributed by atoms with E-state index in [1.807, 2.05) is 58.0 Å². The summed E-state index contributed by atoms with van der Waals surface area (Å²) < 4.78 is 0. The molecule has 0 spiro atoms. The lowest BCUT2D eigenvalue weighted by Crippen LogP contribution is -2.51. The van der Waals surface area contributed by atoms with Crippen molar-refractivity contribution >= 4 is 29.1 Å². The van der Waals surface area contributed by atoms with Crippen LogP contribution in [0.4, 0.5) is 0 Å². The van der Waals surface area contributed by atoms with E-state index in [1.54, 1.807) is 5.38 Å². The van der Waals surface area contributed by atoms with Gasteiger partial charge in [-0.05, 0) is 25.3 Å². The maximum absolute atomic E-state index is 12.6. The minimum Gasteiger partial charge on any atom is -0.369 e. The number of nitrogens with zero attached hydrogens (tertiary/aromatic N) is 3. The Morgan fingerprint density at radius 2 is 2.00 bits per heavy atom. The second-order valence-electron chi connectivity index (χ2n) is 7.87. The first-order valence-electron chi connectivity index (χ1n) is 9.65. The highest BCUT2D eigenvalue weighted by atomic mass is 32.1. The number of hydrogen-bond acceptors (Lipinski definition) is 6. The molecule has 3 rings (SSSR count). The Morgan fingerprint density at radius 3 is 2.62 bits per heavy atom. The number of carbonyl (C=O) groups excluding carboxylic acids is 2. The molecule has 1 aliphatic rings. The zero-order valence-electron chi connectivity index (χ0n) is 17.2. The molecule has 154 valence electrons. The predicted molar refractivity (Wildman–Crippen MR) is 114 cm³/mol. The van der Waals surface area contributed by atoms with Gasteiger partial charge < -0.3 is 11.1 Å². The summed E-state index contributed by atoms with van der Waals surface area (Å²) in [6.07, 6.45) is 0.304. The van der Waals surface area contributed by atoms with Crippen molar-refractivity contribution in [2.24, 2.45) is 16.6 Å². The van der Waals surface area contributed by atoms with Gasteiger partial charge in [0.05, 0.1) is 24.5 Å². The molecule has 2 amide bonds. The molecule has 1 aliphatic heterocycles. The molecule has 2 atom stereocenters. The van der Waals surface area contributed by atoms with E-state index in [9.17, 15) is 9.59 Å². The molecule has 0 bridgehead atoms. The molecule has 1 aromatic carbocycles. The van der Waals surface area contributed by atoms with Gasteiger partial charge in [-0.1, -0.05) is 44.2 Å². The van der Waals surface area contributed by atoms with Crippen LogP contribution < -0.4 is 11.1 Å². The average Bonchev–Trinajstić information content (AvgIpc) is 3.14. The Labute approximate surface area is 175 Å². The highest BCUT2D eigenvalue weighted by Crippen LogP contribution is 2.30. The number of benzene rings is 1. The molecule has 1 aromatic heterocycles. The normalized spacial score (nSPS) is 20.5. The number of aromatic nitrogens is 1. The van der Waals surface area contributed by atoms with Crippen molar-refractivity contribution in [3.63, 3.8) is 0 Å². The summed E-state index contributed by atoms with van der Waals surface area (Å²) in [6.45, 7) is 8.15. The first-order valence-corrected chi connectivity index (χ1v) is 10.5. The Kier molecular flexibility index (Phi) is 6.02. The summed E-state index contributed by atoms with van der Waals surface area (Å²) in [6, 6.07) is 9.61. The van der Waals surface area contributed by atoms with Gasteiger partial charge in [-0.25, -0.2) is 9.98 Å². The third-order valence-electron chi connectivity index (χ3n) is 5.43. The zero-order valence-corrected chi connectivity index (χ0v) is 18.0. The number of hydrogen-bond donors (Lipinski definition) is 2. The highest BCUT2D eigenvalue weighted by molar-refractivity contribution is 7.09. The van der Waals surface area contributed by atoms with E-state index in [0.29, 0.717) is 17.1 Å². The molecule has 0 radical (unpaired) electrons. The molecule has 7 nitrogen and oxygen atoms in total. The van der Waals surface area contributed by atoms with Crippen LogP contribution in [0.2, 0.25) is 0 Å². The highest BCUT2D eigenvalue weighted by Gasteiger charge is 2.38. The minimum atomic E-state index is -0.487. The number of nitrogens with two attached hydrogens (primary N) is 1. The Balaban J connectivity index is 1.67. The van der Waals surface area contributed by atoms with Crippen LogP contribution in [0.15, 0.2) is 40.7 Å². The Hall–Kier alpha value is -2.74. The van der Waals surface area contributed by atoms with E-state index in [4.69, 9.17) is 5.73 Å². The molecular formula is C21H27N5O2S. The number of amides is 2. The molecule has 0 unspecified atom stereocenters. The monoisotopic (exact) mass is 413 g/mol. The van der Waals surface area contributed by atoms with E-state index < -0.39 is 5.54 Å². The van der Waals surface area contributed by atoms with Crippen LogP contribution in [0.25, 0.3) is 0 Å². The van der Waals surface area contributed by atoms with Crippen molar-refractivity contribution in [3.8, 4) is 0 Å². The lowest BCUT2D eigenvalue weighted by atomic mass is 9.84. The van der Waals surface area contributed by atoms with Gasteiger partial charge in [-0.3, -0.25) is 14.5 Å². The van der Waals surface area contributed by atoms with Gasteiger partial charge in [-0.15, -0.1) is 11.3 Å². The molecule has 0 aliphatic carbocycles. The van der Waals surface area contributed by atoms with Crippen LogP contribution in [0.3, 0.4) is 0 Å². The molecule has 0 saturated carbocycles. The molecule has 2 aromatic rings. The van der Waals surface area contributed by atoms with Gasteiger partial charge in [-0.2, -0.15) is 0 Å². The second-order valence-corrected chi connectivity index (χ2v) is 8.81. The van der Waals surface area contributed by atoms with E-state index in [-0.39, 0.29) is 36.3 Å². The van der Waals surface area contributed by atoms with E-state index in [1.165, 1.54) is 16.2 Å². The van der Waals surface area contributed by atoms with Crippen molar-refractivity contribution in [1.82, 2.24) is 15.2 Å². The van der Waals surface area contributed by atoms with E-state index in [2.05, 4.69) is 15.3 Å². The molecule has 8 heteroatoms. The Bertz CT molecular complexity index is 924. The van der Waals surface area contributed by atoms with Gasteiger partial charge >= 0.3 is 0 Å². The number of aliphatic imine (C=N–C) groups is 1. The fourth-order valence-corrected chi connectivity index (χ4v) is 3.87. The molecule has 2 heterocycles. The van der Waals surface area contributed by atoms with Crippen molar-refractivity contribution in [1.29, 1.82) is 0 Å². The first-order chi connectivity index (χ1) is 13.7. The van der Waals surface area contributed by atoms with Gasteiger partial charge in [0.15, 0.2) is 5.96 Å².